The van der Waals surface area contributed by atoms with E-state index in [0.717, 1.165) is 0 Å². The van der Waals surface area contributed by atoms with Crippen molar-refractivity contribution in [1.29, 1.82) is 0 Å². The molecule has 4 unspecified atom stereocenters. The van der Waals surface area contributed by atoms with Crippen LogP contribution < -0.4 is 33.2 Å². The van der Waals surface area contributed by atoms with Gasteiger partial charge in [0, 0.05) is 24.7 Å². The Morgan fingerprint density at radius 3 is 2.26 bits per heavy atom. The van der Waals surface area contributed by atoms with Crippen LogP contribution in [-0.4, -0.2) is 75.4 Å². The minimum atomic E-state index is -1.32. The number of amides is 4. The lowest BCUT2D eigenvalue weighted by Gasteiger charge is -2.23. The Bertz CT molecular complexity index is 831. The first-order valence-electron chi connectivity index (χ1n) is 10.9. The number of unbranched alkanes of at least 4 members (excludes halogenated alkanes) is 1. The molecule has 0 radical (unpaired) electrons. The number of rotatable bonds is 16. The average Bonchev–Trinajstić information content (AvgIpc) is 3.28. The standard InChI is InChI=1S/C20H34N8O6/c1-11(26-18(31)13(22)4-2-3-7-21)17(30)27-14(5-6-16(23)29)19(32)28-15(20(33)34)8-12-9-24-10-25-12/h9-11,13-15H,2-8,21-22H2,1H3,(H2,23,29)(H,24,25)(H,26,31)(H,27,30)(H,28,32)(H,33,34). The van der Waals surface area contributed by atoms with Crippen molar-refractivity contribution in [3.05, 3.63) is 18.2 Å². The fourth-order valence-electron chi connectivity index (χ4n) is 2.97. The number of nitrogens with one attached hydrogen (secondary N) is 4. The smallest absolute Gasteiger partial charge is 0.326 e. The predicted molar refractivity (Wildman–Crippen MR) is 121 cm³/mol. The van der Waals surface area contributed by atoms with Crippen LogP contribution in [0.25, 0.3) is 0 Å². The van der Waals surface area contributed by atoms with Gasteiger partial charge in [0.2, 0.25) is 23.6 Å². The van der Waals surface area contributed by atoms with E-state index in [9.17, 15) is 29.1 Å². The SMILES string of the molecule is CC(NC(=O)C(N)CCCCN)C(=O)NC(CCC(N)=O)C(=O)NC(Cc1cnc[nH]1)C(=O)O. The van der Waals surface area contributed by atoms with E-state index in [1.54, 1.807) is 0 Å². The summed E-state index contributed by atoms with van der Waals surface area (Å²) in [5.41, 5.74) is 16.9. The van der Waals surface area contributed by atoms with Crippen molar-refractivity contribution in [2.75, 3.05) is 6.54 Å². The van der Waals surface area contributed by atoms with Crippen LogP contribution in [0.1, 0.15) is 44.7 Å². The third-order valence-electron chi connectivity index (χ3n) is 4.96. The molecule has 0 saturated carbocycles. The summed E-state index contributed by atoms with van der Waals surface area (Å²) in [5, 5.41) is 16.7. The summed E-state index contributed by atoms with van der Waals surface area (Å²) < 4.78 is 0. The Morgan fingerprint density at radius 2 is 1.71 bits per heavy atom. The molecular weight excluding hydrogens is 448 g/mol. The second-order valence-corrected chi connectivity index (χ2v) is 7.87. The number of hydrogen-bond acceptors (Lipinski definition) is 8. The van der Waals surface area contributed by atoms with E-state index < -0.39 is 53.8 Å². The third-order valence-corrected chi connectivity index (χ3v) is 4.96. The molecule has 0 aliphatic carbocycles. The van der Waals surface area contributed by atoms with Crippen molar-refractivity contribution in [1.82, 2.24) is 25.9 Å². The lowest BCUT2D eigenvalue weighted by molar-refractivity contribution is -0.142. The van der Waals surface area contributed by atoms with Gasteiger partial charge in [-0.05, 0) is 32.7 Å². The molecule has 34 heavy (non-hydrogen) atoms. The molecule has 0 aromatic carbocycles. The van der Waals surface area contributed by atoms with Crippen molar-refractivity contribution in [3.63, 3.8) is 0 Å². The summed E-state index contributed by atoms with van der Waals surface area (Å²) in [6.07, 6.45) is 4.08. The Balaban J connectivity index is 2.78. The topological polar surface area (TPSA) is 248 Å². The van der Waals surface area contributed by atoms with Crippen LogP contribution in [0.5, 0.6) is 0 Å². The maximum atomic E-state index is 12.7. The number of carboxylic acid groups (broad SMARTS) is 1. The third kappa shape index (κ3) is 10.4. The number of aliphatic carboxylic acids is 1. The Morgan fingerprint density at radius 1 is 1.03 bits per heavy atom. The molecule has 14 nitrogen and oxygen atoms in total. The number of carboxylic acids is 1. The van der Waals surface area contributed by atoms with Crippen LogP contribution in [0.15, 0.2) is 12.5 Å². The van der Waals surface area contributed by atoms with Gasteiger partial charge in [0.1, 0.15) is 18.1 Å². The van der Waals surface area contributed by atoms with Crippen LogP contribution in [0.2, 0.25) is 0 Å². The molecule has 11 N–H and O–H groups in total. The molecule has 0 fully saturated rings. The van der Waals surface area contributed by atoms with Crippen LogP contribution in [0.3, 0.4) is 0 Å². The molecule has 1 aromatic rings. The zero-order valence-corrected chi connectivity index (χ0v) is 19.1. The highest BCUT2D eigenvalue weighted by molar-refractivity contribution is 5.94. The van der Waals surface area contributed by atoms with Gasteiger partial charge in [0.05, 0.1) is 12.4 Å². The molecule has 1 rings (SSSR count). The van der Waals surface area contributed by atoms with Crippen molar-refractivity contribution in [3.8, 4) is 0 Å². The van der Waals surface area contributed by atoms with Gasteiger partial charge in [-0.2, -0.15) is 0 Å². The molecule has 1 heterocycles. The van der Waals surface area contributed by atoms with E-state index in [4.69, 9.17) is 17.2 Å². The van der Waals surface area contributed by atoms with E-state index in [-0.39, 0.29) is 19.3 Å². The van der Waals surface area contributed by atoms with Gasteiger partial charge >= 0.3 is 5.97 Å². The number of carbonyl (C=O) groups excluding carboxylic acids is 4. The Labute approximate surface area is 196 Å². The van der Waals surface area contributed by atoms with E-state index >= 15 is 0 Å². The largest absolute Gasteiger partial charge is 0.480 e. The van der Waals surface area contributed by atoms with Gasteiger partial charge in [-0.1, -0.05) is 6.42 Å². The Hall–Kier alpha value is -3.52. The van der Waals surface area contributed by atoms with Gasteiger partial charge in [0.25, 0.3) is 0 Å². The molecule has 0 saturated heterocycles. The van der Waals surface area contributed by atoms with Crippen molar-refractivity contribution in [2.45, 2.75) is 69.6 Å². The second-order valence-electron chi connectivity index (χ2n) is 7.87. The maximum Gasteiger partial charge on any atom is 0.326 e. The number of imidazole rings is 1. The zero-order chi connectivity index (χ0) is 25.7. The molecule has 190 valence electrons. The van der Waals surface area contributed by atoms with Crippen LogP contribution >= 0.6 is 0 Å². The molecule has 4 atom stereocenters. The number of aromatic amines is 1. The van der Waals surface area contributed by atoms with E-state index in [1.807, 2.05) is 0 Å². The summed E-state index contributed by atoms with van der Waals surface area (Å²) >= 11 is 0. The number of nitrogens with zero attached hydrogens (tertiary/aromatic N) is 1. The van der Waals surface area contributed by atoms with E-state index in [2.05, 4.69) is 25.9 Å². The lowest BCUT2D eigenvalue weighted by Crippen LogP contribution is -2.56. The highest BCUT2D eigenvalue weighted by atomic mass is 16.4. The van der Waals surface area contributed by atoms with E-state index in [1.165, 1.54) is 19.4 Å². The molecule has 0 spiro atoms. The number of primary amides is 1. The van der Waals surface area contributed by atoms with Gasteiger partial charge in [0.15, 0.2) is 0 Å². The highest BCUT2D eigenvalue weighted by Crippen LogP contribution is 2.04. The highest BCUT2D eigenvalue weighted by Gasteiger charge is 2.29. The Kier molecular flexibility index (Phi) is 12.2. The number of hydrogen-bond donors (Lipinski definition) is 8. The summed E-state index contributed by atoms with van der Waals surface area (Å²) in [6, 6.07) is -4.45. The molecule has 1 aromatic heterocycles. The summed E-state index contributed by atoms with van der Waals surface area (Å²) in [7, 11) is 0. The quantitative estimate of drug-likeness (QED) is 0.113. The van der Waals surface area contributed by atoms with Crippen molar-refractivity contribution in [2.24, 2.45) is 17.2 Å². The normalized spacial score (nSPS) is 14.3. The molecule has 4 amide bonds. The molecule has 0 aliphatic heterocycles. The maximum absolute atomic E-state index is 12.7. The average molecular weight is 483 g/mol. The van der Waals surface area contributed by atoms with Crippen LogP contribution in [0.4, 0.5) is 0 Å². The monoisotopic (exact) mass is 482 g/mol. The van der Waals surface area contributed by atoms with Gasteiger partial charge in [-0.3, -0.25) is 19.2 Å². The summed E-state index contributed by atoms with van der Waals surface area (Å²) in [6.45, 7) is 1.88. The zero-order valence-electron chi connectivity index (χ0n) is 19.1. The molecular formula is C20H34N8O6. The fraction of sp³-hybridized carbons (Fsp3) is 0.600. The van der Waals surface area contributed by atoms with Crippen LogP contribution in [-0.2, 0) is 30.4 Å². The first-order valence-corrected chi connectivity index (χ1v) is 10.9. The lowest BCUT2D eigenvalue weighted by atomic mass is 10.1. The molecule has 14 heteroatoms. The predicted octanol–water partition coefficient (Wildman–Crippen LogP) is -2.77. The summed E-state index contributed by atoms with van der Waals surface area (Å²) in [5.74, 6) is -4.08. The fourth-order valence-corrected chi connectivity index (χ4v) is 2.97. The minimum absolute atomic E-state index is 0.0773. The second kappa shape index (κ2) is 14.6. The van der Waals surface area contributed by atoms with Gasteiger partial charge in [-0.15, -0.1) is 0 Å². The summed E-state index contributed by atoms with van der Waals surface area (Å²) in [4.78, 5) is 66.9. The van der Waals surface area contributed by atoms with Crippen molar-refractivity contribution >= 4 is 29.6 Å². The van der Waals surface area contributed by atoms with Crippen molar-refractivity contribution < 1.29 is 29.1 Å². The first kappa shape index (κ1) is 28.5. The number of aromatic nitrogens is 2. The minimum Gasteiger partial charge on any atom is -0.480 e. The van der Waals surface area contributed by atoms with Gasteiger partial charge in [-0.25, -0.2) is 9.78 Å². The first-order chi connectivity index (χ1) is 16.0. The number of carbonyl (C=O) groups is 5. The van der Waals surface area contributed by atoms with Crippen LogP contribution in [0, 0.1) is 0 Å². The molecule has 0 bridgehead atoms. The molecule has 0 aliphatic rings. The number of H-pyrrole nitrogens is 1. The number of nitrogens with two attached hydrogens (primary N) is 3. The van der Waals surface area contributed by atoms with E-state index in [0.29, 0.717) is 31.5 Å². The van der Waals surface area contributed by atoms with Gasteiger partial charge < -0.3 is 43.2 Å².